The third-order valence-electron chi connectivity index (χ3n) is 6.90. The molecule has 2 atom stereocenters. The molecule has 0 unspecified atom stereocenters. The van der Waals surface area contributed by atoms with Crippen LogP contribution in [0.25, 0.3) is 0 Å². The average Bonchev–Trinajstić information content (AvgIpc) is 2.88. The molecule has 2 amide bonds. The molecule has 1 heterocycles. The number of amides is 2. The standard InChI is InChI=1S/C32H38N2O3/c1-6-29(32(36)33-26-14-9-23(5)10-15-26)37-27-16-13-24-17-18-34(30(35)19-21(2)3)31(28(24)20-27)25-11-7-22(4)8-12-25/h7-16,20-21,29,31H,6,17-19H2,1-5H3,(H,33,36)/t29-,31-/m0/s1. The fraction of sp³-hybridized carbons (Fsp3) is 0.375. The smallest absolute Gasteiger partial charge is 0.265 e. The Morgan fingerprint density at radius 2 is 1.62 bits per heavy atom. The van der Waals surface area contributed by atoms with E-state index in [-0.39, 0.29) is 17.9 Å². The summed E-state index contributed by atoms with van der Waals surface area (Å²) < 4.78 is 6.24. The quantitative estimate of drug-likeness (QED) is 0.380. The summed E-state index contributed by atoms with van der Waals surface area (Å²) in [5, 5.41) is 2.97. The number of anilines is 1. The Morgan fingerprint density at radius 3 is 2.24 bits per heavy atom. The van der Waals surface area contributed by atoms with Gasteiger partial charge in [-0.05, 0) is 73.6 Å². The molecule has 37 heavy (non-hydrogen) atoms. The Hall–Kier alpha value is -3.60. The van der Waals surface area contributed by atoms with E-state index in [1.807, 2.05) is 55.1 Å². The molecule has 5 heteroatoms. The van der Waals surface area contributed by atoms with Crippen LogP contribution in [0.3, 0.4) is 0 Å². The minimum absolute atomic E-state index is 0.168. The molecule has 0 aliphatic carbocycles. The molecule has 0 bridgehead atoms. The van der Waals surface area contributed by atoms with Crippen LogP contribution in [0, 0.1) is 19.8 Å². The third-order valence-corrected chi connectivity index (χ3v) is 6.90. The fourth-order valence-electron chi connectivity index (χ4n) is 4.86. The van der Waals surface area contributed by atoms with Gasteiger partial charge in [-0.1, -0.05) is 74.4 Å². The summed E-state index contributed by atoms with van der Waals surface area (Å²) in [5.74, 6) is 0.925. The molecule has 3 aromatic rings. The zero-order chi connectivity index (χ0) is 26.5. The van der Waals surface area contributed by atoms with Crippen LogP contribution in [0.1, 0.15) is 67.5 Å². The number of rotatable bonds is 8. The van der Waals surface area contributed by atoms with Crippen molar-refractivity contribution in [3.8, 4) is 5.75 Å². The first-order valence-electron chi connectivity index (χ1n) is 13.3. The van der Waals surface area contributed by atoms with Gasteiger partial charge in [0.2, 0.25) is 5.91 Å². The molecule has 1 aliphatic rings. The number of benzene rings is 3. The largest absolute Gasteiger partial charge is 0.481 e. The highest BCUT2D eigenvalue weighted by molar-refractivity contribution is 5.94. The average molecular weight is 499 g/mol. The van der Waals surface area contributed by atoms with Gasteiger partial charge in [0.25, 0.3) is 5.91 Å². The number of aryl methyl sites for hydroxylation is 2. The van der Waals surface area contributed by atoms with Crippen LogP contribution in [-0.2, 0) is 16.0 Å². The van der Waals surface area contributed by atoms with E-state index in [4.69, 9.17) is 4.74 Å². The Balaban J connectivity index is 1.62. The Morgan fingerprint density at radius 1 is 0.973 bits per heavy atom. The second-order valence-electron chi connectivity index (χ2n) is 10.5. The van der Waals surface area contributed by atoms with Gasteiger partial charge in [0.05, 0.1) is 6.04 Å². The van der Waals surface area contributed by atoms with Gasteiger partial charge in [-0.2, -0.15) is 0 Å². The van der Waals surface area contributed by atoms with E-state index in [2.05, 4.69) is 56.4 Å². The van der Waals surface area contributed by atoms with Gasteiger partial charge in [-0.25, -0.2) is 0 Å². The second-order valence-corrected chi connectivity index (χ2v) is 10.5. The number of carbonyl (C=O) groups excluding carboxylic acids is 2. The minimum atomic E-state index is -0.626. The SMILES string of the molecule is CC[C@H](Oc1ccc2c(c1)[C@H](c1ccc(C)cc1)N(C(=O)CC(C)C)CC2)C(=O)Nc1ccc(C)cc1. The van der Waals surface area contributed by atoms with E-state index in [0.717, 1.165) is 28.8 Å². The van der Waals surface area contributed by atoms with Gasteiger partial charge >= 0.3 is 0 Å². The van der Waals surface area contributed by atoms with Gasteiger partial charge in [-0.3, -0.25) is 9.59 Å². The molecule has 0 radical (unpaired) electrons. The molecular formula is C32H38N2O3. The number of nitrogens with one attached hydrogen (secondary N) is 1. The molecule has 0 saturated carbocycles. The molecule has 194 valence electrons. The summed E-state index contributed by atoms with van der Waals surface area (Å²) in [4.78, 5) is 28.3. The van der Waals surface area contributed by atoms with Crippen molar-refractivity contribution >= 4 is 17.5 Å². The van der Waals surface area contributed by atoms with Crippen molar-refractivity contribution in [2.45, 2.75) is 66.0 Å². The van der Waals surface area contributed by atoms with Crippen molar-refractivity contribution in [2.24, 2.45) is 5.92 Å². The van der Waals surface area contributed by atoms with Gasteiger partial charge in [0.1, 0.15) is 5.75 Å². The molecule has 5 nitrogen and oxygen atoms in total. The van der Waals surface area contributed by atoms with Crippen LogP contribution < -0.4 is 10.1 Å². The lowest BCUT2D eigenvalue weighted by Gasteiger charge is -2.38. The van der Waals surface area contributed by atoms with Crippen molar-refractivity contribution in [1.29, 1.82) is 0 Å². The molecule has 0 saturated heterocycles. The maximum absolute atomic E-state index is 13.3. The summed E-state index contributed by atoms with van der Waals surface area (Å²) in [6.07, 6.45) is 1.23. The molecule has 3 aromatic carbocycles. The van der Waals surface area contributed by atoms with Crippen LogP contribution in [0.5, 0.6) is 5.75 Å². The van der Waals surface area contributed by atoms with Crippen molar-refractivity contribution < 1.29 is 14.3 Å². The number of fused-ring (bicyclic) bond motifs is 1. The highest BCUT2D eigenvalue weighted by Gasteiger charge is 2.33. The summed E-state index contributed by atoms with van der Waals surface area (Å²) in [7, 11) is 0. The maximum Gasteiger partial charge on any atom is 0.265 e. The van der Waals surface area contributed by atoms with E-state index in [1.54, 1.807) is 0 Å². The van der Waals surface area contributed by atoms with Crippen molar-refractivity contribution in [2.75, 3.05) is 11.9 Å². The van der Waals surface area contributed by atoms with E-state index in [1.165, 1.54) is 11.1 Å². The monoisotopic (exact) mass is 498 g/mol. The number of hydrogen-bond donors (Lipinski definition) is 1. The highest BCUT2D eigenvalue weighted by Crippen LogP contribution is 2.38. The number of carbonyl (C=O) groups is 2. The Kier molecular flexibility index (Phi) is 8.32. The molecule has 0 spiro atoms. The number of nitrogens with zero attached hydrogens (tertiary/aromatic N) is 1. The molecular weight excluding hydrogens is 460 g/mol. The van der Waals surface area contributed by atoms with E-state index < -0.39 is 6.10 Å². The normalized spacial score (nSPS) is 15.7. The van der Waals surface area contributed by atoms with E-state index in [0.29, 0.717) is 31.1 Å². The van der Waals surface area contributed by atoms with E-state index >= 15 is 0 Å². The predicted molar refractivity (Wildman–Crippen MR) is 149 cm³/mol. The molecule has 0 fully saturated rings. The van der Waals surface area contributed by atoms with Gasteiger partial charge in [-0.15, -0.1) is 0 Å². The van der Waals surface area contributed by atoms with Gasteiger partial charge < -0.3 is 15.0 Å². The first kappa shape index (κ1) is 26.5. The van der Waals surface area contributed by atoms with Crippen LogP contribution in [0.2, 0.25) is 0 Å². The minimum Gasteiger partial charge on any atom is -0.481 e. The van der Waals surface area contributed by atoms with Crippen LogP contribution in [0.4, 0.5) is 5.69 Å². The summed E-state index contributed by atoms with van der Waals surface area (Å²) >= 11 is 0. The summed E-state index contributed by atoms with van der Waals surface area (Å²) in [6.45, 7) is 10.9. The first-order chi connectivity index (χ1) is 17.7. The molecule has 4 rings (SSSR count). The first-order valence-corrected chi connectivity index (χ1v) is 13.3. The third kappa shape index (κ3) is 6.40. The summed E-state index contributed by atoms with van der Waals surface area (Å²) in [6, 6.07) is 22.0. The molecule has 0 aromatic heterocycles. The highest BCUT2D eigenvalue weighted by atomic mass is 16.5. The zero-order valence-electron chi connectivity index (χ0n) is 22.6. The lowest BCUT2D eigenvalue weighted by molar-refractivity contribution is -0.134. The van der Waals surface area contributed by atoms with Gasteiger partial charge in [0, 0.05) is 18.7 Å². The second kappa shape index (κ2) is 11.6. The number of ether oxygens (including phenoxy) is 1. The lowest BCUT2D eigenvalue weighted by Crippen LogP contribution is -2.41. The fourth-order valence-corrected chi connectivity index (χ4v) is 4.86. The van der Waals surface area contributed by atoms with E-state index in [9.17, 15) is 9.59 Å². The summed E-state index contributed by atoms with van der Waals surface area (Å²) in [5.41, 5.74) is 6.44. The number of hydrogen-bond acceptors (Lipinski definition) is 3. The van der Waals surface area contributed by atoms with Gasteiger partial charge in [0.15, 0.2) is 6.10 Å². The van der Waals surface area contributed by atoms with Crippen LogP contribution in [-0.4, -0.2) is 29.4 Å². The van der Waals surface area contributed by atoms with Crippen LogP contribution in [0.15, 0.2) is 66.7 Å². The van der Waals surface area contributed by atoms with Crippen molar-refractivity contribution in [1.82, 2.24) is 4.90 Å². The zero-order valence-corrected chi connectivity index (χ0v) is 22.6. The lowest BCUT2D eigenvalue weighted by atomic mass is 9.87. The van der Waals surface area contributed by atoms with Crippen LogP contribution >= 0.6 is 0 Å². The maximum atomic E-state index is 13.3. The molecule has 1 N–H and O–H groups in total. The topological polar surface area (TPSA) is 58.6 Å². The molecule has 1 aliphatic heterocycles. The Bertz CT molecular complexity index is 1230. The van der Waals surface area contributed by atoms with Crippen molar-refractivity contribution in [3.63, 3.8) is 0 Å². The van der Waals surface area contributed by atoms with Crippen molar-refractivity contribution in [3.05, 3.63) is 94.5 Å². The Labute approximate surface area is 220 Å². The predicted octanol–water partition coefficient (Wildman–Crippen LogP) is 6.62.